The maximum Gasteiger partial charge on any atom is 0.299 e. The zero-order chi connectivity index (χ0) is 14.9. The van der Waals surface area contributed by atoms with Crippen molar-refractivity contribution >= 4 is 17.4 Å². The van der Waals surface area contributed by atoms with E-state index in [2.05, 4.69) is 10.3 Å². The lowest BCUT2D eigenvalue weighted by Crippen LogP contribution is -1.92. The van der Waals surface area contributed by atoms with E-state index in [0.717, 1.165) is 22.7 Å². The van der Waals surface area contributed by atoms with Crippen LogP contribution in [0.1, 0.15) is 0 Å². The molecular formula is C16H13N3O3. The van der Waals surface area contributed by atoms with Crippen molar-refractivity contribution < 1.29 is 13.9 Å². The van der Waals surface area contributed by atoms with Gasteiger partial charge in [0.2, 0.25) is 6.79 Å². The molecule has 0 saturated carbocycles. The van der Waals surface area contributed by atoms with Crippen molar-refractivity contribution in [2.24, 2.45) is 0 Å². The monoisotopic (exact) mass is 295 g/mol. The average molecular weight is 295 g/mol. The van der Waals surface area contributed by atoms with E-state index in [-0.39, 0.29) is 6.79 Å². The zero-order valence-corrected chi connectivity index (χ0v) is 11.6. The highest BCUT2D eigenvalue weighted by atomic mass is 16.7. The molecule has 1 aliphatic rings. The van der Waals surface area contributed by atoms with Gasteiger partial charge in [-0.2, -0.15) is 4.98 Å². The first-order valence-corrected chi connectivity index (χ1v) is 6.76. The Morgan fingerprint density at radius 1 is 1.00 bits per heavy atom. The van der Waals surface area contributed by atoms with Crippen LogP contribution in [-0.4, -0.2) is 11.8 Å². The largest absolute Gasteiger partial charge is 0.454 e. The van der Waals surface area contributed by atoms with Crippen LogP contribution in [0.5, 0.6) is 11.5 Å². The van der Waals surface area contributed by atoms with E-state index in [1.165, 1.54) is 0 Å². The van der Waals surface area contributed by atoms with Crippen LogP contribution in [0.4, 0.5) is 17.4 Å². The Balaban J connectivity index is 1.57. The minimum atomic E-state index is 0.252. The fraction of sp³-hybridized carbons (Fsp3) is 0.0625. The molecule has 4 rings (SSSR count). The maximum atomic E-state index is 5.66. The number of hydrogen-bond donors (Lipinski definition) is 2. The number of oxazole rings is 1. The average Bonchev–Trinajstić information content (AvgIpc) is 3.17. The summed E-state index contributed by atoms with van der Waals surface area (Å²) in [6.45, 7) is 0.252. The summed E-state index contributed by atoms with van der Waals surface area (Å²) < 4.78 is 16.1. The number of anilines is 3. The van der Waals surface area contributed by atoms with Gasteiger partial charge in [-0.05, 0) is 42.5 Å². The van der Waals surface area contributed by atoms with Gasteiger partial charge in [-0.25, -0.2) is 0 Å². The number of nitrogens with two attached hydrogens (primary N) is 1. The van der Waals surface area contributed by atoms with E-state index >= 15 is 0 Å². The summed E-state index contributed by atoms with van der Waals surface area (Å²) in [7, 11) is 0. The first-order valence-electron chi connectivity index (χ1n) is 6.76. The molecule has 0 aliphatic carbocycles. The van der Waals surface area contributed by atoms with E-state index in [1.807, 2.05) is 42.5 Å². The number of hydrogen-bond acceptors (Lipinski definition) is 6. The van der Waals surface area contributed by atoms with E-state index in [1.54, 1.807) is 6.26 Å². The van der Waals surface area contributed by atoms with Gasteiger partial charge in [0.1, 0.15) is 12.0 Å². The fourth-order valence-corrected chi connectivity index (χ4v) is 2.21. The fourth-order valence-electron chi connectivity index (χ4n) is 2.21. The number of aromatic nitrogens is 1. The SMILES string of the molecule is Nc1ccc(Nc2nc(-c3ccc4c(c3)OCO4)co2)cc1. The number of rotatable bonds is 3. The molecule has 1 aliphatic heterocycles. The van der Waals surface area contributed by atoms with Crippen LogP contribution in [0.25, 0.3) is 11.3 Å². The van der Waals surface area contributed by atoms with Crippen molar-refractivity contribution in [1.82, 2.24) is 4.98 Å². The van der Waals surface area contributed by atoms with Crippen LogP contribution >= 0.6 is 0 Å². The smallest absolute Gasteiger partial charge is 0.299 e. The van der Waals surface area contributed by atoms with Crippen molar-refractivity contribution in [3.63, 3.8) is 0 Å². The number of fused-ring (bicyclic) bond motifs is 1. The van der Waals surface area contributed by atoms with Gasteiger partial charge in [0.05, 0.1) is 0 Å². The molecule has 110 valence electrons. The summed E-state index contributed by atoms with van der Waals surface area (Å²) >= 11 is 0. The first-order chi connectivity index (χ1) is 10.8. The number of benzene rings is 2. The quantitative estimate of drug-likeness (QED) is 0.721. The highest BCUT2D eigenvalue weighted by Gasteiger charge is 2.15. The molecule has 0 atom stereocenters. The second-order valence-electron chi connectivity index (χ2n) is 4.85. The van der Waals surface area contributed by atoms with Crippen molar-refractivity contribution in [3.05, 3.63) is 48.7 Å². The molecule has 0 spiro atoms. The van der Waals surface area contributed by atoms with Crippen LogP contribution in [0, 0.1) is 0 Å². The van der Waals surface area contributed by atoms with Gasteiger partial charge in [-0.1, -0.05) is 0 Å². The van der Waals surface area contributed by atoms with Crippen molar-refractivity contribution in [2.75, 3.05) is 17.8 Å². The molecule has 0 unspecified atom stereocenters. The molecule has 0 bridgehead atoms. The zero-order valence-electron chi connectivity index (χ0n) is 11.6. The summed E-state index contributed by atoms with van der Waals surface area (Å²) in [4.78, 5) is 4.42. The lowest BCUT2D eigenvalue weighted by atomic mass is 10.1. The van der Waals surface area contributed by atoms with Gasteiger partial charge in [0, 0.05) is 16.9 Å². The van der Waals surface area contributed by atoms with E-state index in [9.17, 15) is 0 Å². The van der Waals surface area contributed by atoms with E-state index < -0.39 is 0 Å². The van der Waals surface area contributed by atoms with Crippen molar-refractivity contribution in [3.8, 4) is 22.8 Å². The maximum absolute atomic E-state index is 5.66. The standard InChI is InChI=1S/C16H13N3O3/c17-11-2-4-12(5-3-11)18-16-19-13(8-20-16)10-1-6-14-15(7-10)22-9-21-14/h1-8H,9,17H2,(H,18,19). The molecule has 3 aromatic rings. The molecule has 0 saturated heterocycles. The number of nitrogens with one attached hydrogen (secondary N) is 1. The summed E-state index contributed by atoms with van der Waals surface area (Å²) in [5.74, 6) is 1.46. The van der Waals surface area contributed by atoms with Gasteiger partial charge >= 0.3 is 0 Å². The molecule has 6 nitrogen and oxygen atoms in total. The predicted octanol–water partition coefficient (Wildman–Crippen LogP) is 3.40. The van der Waals surface area contributed by atoms with Crippen LogP contribution in [0.15, 0.2) is 53.1 Å². The Hall–Kier alpha value is -3.15. The predicted molar refractivity (Wildman–Crippen MR) is 82.2 cm³/mol. The summed E-state index contributed by atoms with van der Waals surface area (Å²) in [6, 6.07) is 13.4. The van der Waals surface area contributed by atoms with Crippen LogP contribution in [-0.2, 0) is 0 Å². The molecule has 2 aromatic carbocycles. The molecule has 6 heteroatoms. The second-order valence-corrected chi connectivity index (χ2v) is 4.85. The van der Waals surface area contributed by atoms with E-state index in [0.29, 0.717) is 17.5 Å². The minimum Gasteiger partial charge on any atom is -0.454 e. The highest BCUT2D eigenvalue weighted by Crippen LogP contribution is 2.36. The van der Waals surface area contributed by atoms with Crippen LogP contribution < -0.4 is 20.5 Å². The molecule has 0 amide bonds. The van der Waals surface area contributed by atoms with Gasteiger partial charge in [-0.3, -0.25) is 0 Å². The van der Waals surface area contributed by atoms with Gasteiger partial charge in [0.25, 0.3) is 6.01 Å². The molecule has 3 N–H and O–H groups in total. The summed E-state index contributed by atoms with van der Waals surface area (Å²) in [5.41, 5.74) is 8.84. The van der Waals surface area contributed by atoms with Crippen LogP contribution in [0.3, 0.4) is 0 Å². The molecule has 0 fully saturated rings. The van der Waals surface area contributed by atoms with Crippen LogP contribution in [0.2, 0.25) is 0 Å². The van der Waals surface area contributed by atoms with E-state index in [4.69, 9.17) is 19.6 Å². The minimum absolute atomic E-state index is 0.252. The molecular weight excluding hydrogens is 282 g/mol. The number of nitrogen functional groups attached to an aromatic ring is 1. The topological polar surface area (TPSA) is 82.5 Å². The Bertz CT molecular complexity index is 812. The number of ether oxygens (including phenoxy) is 2. The van der Waals surface area contributed by atoms with Gasteiger partial charge < -0.3 is 24.9 Å². The Morgan fingerprint density at radius 2 is 1.82 bits per heavy atom. The molecule has 22 heavy (non-hydrogen) atoms. The summed E-state index contributed by atoms with van der Waals surface area (Å²) in [5, 5.41) is 3.08. The van der Waals surface area contributed by atoms with Crippen molar-refractivity contribution in [1.29, 1.82) is 0 Å². The summed E-state index contributed by atoms with van der Waals surface area (Å²) in [6.07, 6.45) is 1.59. The lowest BCUT2D eigenvalue weighted by molar-refractivity contribution is 0.174. The molecule has 2 heterocycles. The van der Waals surface area contributed by atoms with Gasteiger partial charge in [-0.15, -0.1) is 0 Å². The Morgan fingerprint density at radius 3 is 2.68 bits per heavy atom. The Labute approximate surface area is 126 Å². The molecule has 0 radical (unpaired) electrons. The van der Waals surface area contributed by atoms with Gasteiger partial charge in [0.15, 0.2) is 11.5 Å². The molecule has 1 aromatic heterocycles. The highest BCUT2D eigenvalue weighted by molar-refractivity contribution is 5.65. The second kappa shape index (κ2) is 5.00. The first kappa shape index (κ1) is 12.6. The van der Waals surface area contributed by atoms with Crippen molar-refractivity contribution in [2.45, 2.75) is 0 Å². The number of nitrogens with zero attached hydrogens (tertiary/aromatic N) is 1. The Kier molecular flexibility index (Phi) is 2.86. The third kappa shape index (κ3) is 2.31. The normalized spacial score (nSPS) is 12.4. The third-order valence-electron chi connectivity index (χ3n) is 3.33. The lowest BCUT2D eigenvalue weighted by Gasteiger charge is -2.01. The third-order valence-corrected chi connectivity index (χ3v) is 3.33.